The van der Waals surface area contributed by atoms with Crippen molar-refractivity contribution < 1.29 is 9.53 Å². The Hall–Kier alpha value is -4.65. The highest BCUT2D eigenvalue weighted by molar-refractivity contribution is 5.82. The number of benzene rings is 3. The van der Waals surface area contributed by atoms with Gasteiger partial charge in [0.05, 0.1) is 31.2 Å². The van der Waals surface area contributed by atoms with E-state index in [9.17, 15) is 4.79 Å². The number of aromatic nitrogens is 4. The first kappa shape index (κ1) is 22.2. The van der Waals surface area contributed by atoms with Gasteiger partial charge in [-0.2, -0.15) is 0 Å². The van der Waals surface area contributed by atoms with Gasteiger partial charge in [-0.1, -0.05) is 48.5 Å². The van der Waals surface area contributed by atoms with Crippen molar-refractivity contribution >= 4 is 11.7 Å². The number of imidazole rings is 2. The minimum atomic E-state index is -0.260. The topological polar surface area (TPSA) is 84.8 Å². The molecule has 2 heterocycles. The molecule has 7 nitrogen and oxygen atoms in total. The summed E-state index contributed by atoms with van der Waals surface area (Å²) in [6.45, 7) is 0. The van der Waals surface area contributed by atoms with E-state index in [-0.39, 0.29) is 12.4 Å². The normalized spacial score (nSPS) is 10.8. The second-order valence-electron chi connectivity index (χ2n) is 8.10. The van der Waals surface area contributed by atoms with Crippen LogP contribution in [0.5, 0.6) is 0 Å². The first-order chi connectivity index (χ1) is 17.1. The number of carbonyl (C=O) groups is 1. The van der Waals surface area contributed by atoms with E-state index in [1.54, 1.807) is 12.5 Å². The number of aromatic amines is 1. The molecule has 0 saturated heterocycles. The molecule has 2 N–H and O–H groups in total. The first-order valence-corrected chi connectivity index (χ1v) is 11.3. The van der Waals surface area contributed by atoms with Crippen LogP contribution < -0.4 is 5.32 Å². The van der Waals surface area contributed by atoms with Gasteiger partial charge in [0.1, 0.15) is 5.82 Å². The molecule has 7 heteroatoms. The highest BCUT2D eigenvalue weighted by Gasteiger charge is 2.16. The van der Waals surface area contributed by atoms with Crippen LogP contribution in [0.3, 0.4) is 0 Å². The lowest BCUT2D eigenvalue weighted by Gasteiger charge is -2.07. The van der Waals surface area contributed by atoms with Crippen molar-refractivity contribution in [2.75, 3.05) is 19.5 Å². The molecule has 35 heavy (non-hydrogen) atoms. The maximum atomic E-state index is 11.6. The van der Waals surface area contributed by atoms with E-state index < -0.39 is 0 Å². The lowest BCUT2D eigenvalue weighted by Crippen LogP contribution is -2.04. The summed E-state index contributed by atoms with van der Waals surface area (Å²) in [5, 5.41) is 3.16. The number of methoxy groups -OCH3 is 1. The quantitative estimate of drug-likeness (QED) is 0.318. The SMILES string of the molecule is CNc1ccc(-c2[nH]c(-c3ccc(CC(=O)OC)cc3)nc2-c2ccc(-n3ccnc3)cc2)cc1. The molecule has 0 amide bonds. The molecule has 0 bridgehead atoms. The van der Waals surface area contributed by atoms with Crippen LogP contribution in [0.1, 0.15) is 5.56 Å². The molecule has 0 saturated carbocycles. The summed E-state index contributed by atoms with van der Waals surface area (Å²) in [6.07, 6.45) is 5.70. The van der Waals surface area contributed by atoms with Crippen LogP contribution in [0.2, 0.25) is 0 Å². The van der Waals surface area contributed by atoms with Crippen molar-refractivity contribution in [3.8, 4) is 39.6 Å². The van der Waals surface area contributed by atoms with Gasteiger partial charge in [-0.15, -0.1) is 0 Å². The first-order valence-electron chi connectivity index (χ1n) is 11.3. The van der Waals surface area contributed by atoms with E-state index in [0.29, 0.717) is 0 Å². The molecular formula is C28H25N5O2. The van der Waals surface area contributed by atoms with Crippen LogP contribution in [0.15, 0.2) is 91.5 Å². The van der Waals surface area contributed by atoms with Crippen LogP contribution in [0.25, 0.3) is 39.6 Å². The summed E-state index contributed by atoms with van der Waals surface area (Å²) in [4.78, 5) is 24.2. The van der Waals surface area contributed by atoms with Gasteiger partial charge in [-0.25, -0.2) is 9.97 Å². The molecule has 174 valence electrons. The van der Waals surface area contributed by atoms with Gasteiger partial charge in [0.2, 0.25) is 0 Å². The Labute approximate surface area is 203 Å². The maximum absolute atomic E-state index is 11.6. The number of carbonyl (C=O) groups excluding carboxylic acids is 1. The molecule has 0 radical (unpaired) electrons. The molecule has 5 aromatic rings. The second-order valence-corrected chi connectivity index (χ2v) is 8.10. The number of hydrogen-bond acceptors (Lipinski definition) is 5. The fourth-order valence-electron chi connectivity index (χ4n) is 3.95. The Morgan fingerprint density at radius 1 is 0.943 bits per heavy atom. The third kappa shape index (κ3) is 4.70. The van der Waals surface area contributed by atoms with Gasteiger partial charge in [-0.3, -0.25) is 4.79 Å². The summed E-state index contributed by atoms with van der Waals surface area (Å²) in [6, 6.07) is 24.3. The van der Waals surface area contributed by atoms with E-state index >= 15 is 0 Å². The zero-order chi connectivity index (χ0) is 24.2. The second kappa shape index (κ2) is 9.69. The zero-order valence-electron chi connectivity index (χ0n) is 19.5. The molecule has 3 aromatic carbocycles. The third-order valence-corrected chi connectivity index (χ3v) is 5.91. The van der Waals surface area contributed by atoms with E-state index in [2.05, 4.69) is 51.7 Å². The van der Waals surface area contributed by atoms with Gasteiger partial charge in [-0.05, 0) is 29.8 Å². The summed E-state index contributed by atoms with van der Waals surface area (Å²) in [5.74, 6) is 0.500. The molecule has 0 aliphatic rings. The van der Waals surface area contributed by atoms with Crippen LogP contribution >= 0.6 is 0 Å². The Morgan fingerprint density at radius 2 is 1.63 bits per heavy atom. The molecule has 0 spiro atoms. The van der Waals surface area contributed by atoms with Crippen LogP contribution in [0, 0.1) is 0 Å². The Kier molecular flexibility index (Phi) is 6.13. The highest BCUT2D eigenvalue weighted by Crippen LogP contribution is 2.34. The average molecular weight is 464 g/mol. The molecular weight excluding hydrogens is 438 g/mol. The van der Waals surface area contributed by atoms with Crippen molar-refractivity contribution in [1.29, 1.82) is 0 Å². The van der Waals surface area contributed by atoms with Crippen molar-refractivity contribution in [2.45, 2.75) is 6.42 Å². The standard InChI is InChI=1S/C28H25N5O2/c1-29-23-11-7-20(8-12-23)26-27(21-9-13-24(14-10-21)33-16-15-30-18-33)32-28(31-26)22-5-3-19(4-6-22)17-25(34)35-2/h3-16,18,29H,17H2,1-2H3,(H,31,32). The average Bonchev–Trinajstić information content (AvgIpc) is 3.60. The molecule has 0 atom stereocenters. The number of anilines is 1. The van der Waals surface area contributed by atoms with Gasteiger partial charge in [0.25, 0.3) is 0 Å². The largest absolute Gasteiger partial charge is 0.469 e. The number of H-pyrrole nitrogens is 1. The van der Waals surface area contributed by atoms with E-state index in [1.165, 1.54) is 7.11 Å². The summed E-state index contributed by atoms with van der Waals surface area (Å²) >= 11 is 0. The van der Waals surface area contributed by atoms with Crippen molar-refractivity contribution in [3.05, 3.63) is 97.1 Å². The molecule has 0 aliphatic heterocycles. The monoisotopic (exact) mass is 463 g/mol. The molecule has 5 rings (SSSR count). The maximum Gasteiger partial charge on any atom is 0.309 e. The summed E-state index contributed by atoms with van der Waals surface area (Å²) < 4.78 is 6.73. The predicted octanol–water partition coefficient (Wildman–Crippen LogP) is 5.35. The highest BCUT2D eigenvalue weighted by atomic mass is 16.5. The number of nitrogens with zero attached hydrogens (tertiary/aromatic N) is 3. The van der Waals surface area contributed by atoms with Gasteiger partial charge < -0.3 is 19.6 Å². The van der Waals surface area contributed by atoms with E-state index in [0.717, 1.165) is 50.8 Å². The predicted molar refractivity (Wildman–Crippen MR) is 137 cm³/mol. The molecule has 2 aromatic heterocycles. The summed E-state index contributed by atoms with van der Waals surface area (Å²) in [7, 11) is 3.30. The van der Waals surface area contributed by atoms with E-state index in [1.807, 2.05) is 54.2 Å². The fraction of sp³-hybridized carbons (Fsp3) is 0.107. The van der Waals surface area contributed by atoms with Crippen molar-refractivity contribution in [3.63, 3.8) is 0 Å². The lowest BCUT2D eigenvalue weighted by molar-refractivity contribution is -0.139. The fourth-order valence-corrected chi connectivity index (χ4v) is 3.95. The van der Waals surface area contributed by atoms with Gasteiger partial charge >= 0.3 is 5.97 Å². The Bertz CT molecular complexity index is 1420. The van der Waals surface area contributed by atoms with Gasteiger partial charge in [0.15, 0.2) is 0 Å². The molecule has 0 aliphatic carbocycles. The number of nitrogens with one attached hydrogen (secondary N) is 2. The number of esters is 1. The number of hydrogen-bond donors (Lipinski definition) is 2. The Morgan fingerprint density at radius 3 is 2.26 bits per heavy atom. The summed E-state index contributed by atoms with van der Waals surface area (Å²) in [5.41, 5.74) is 7.76. The van der Waals surface area contributed by atoms with Gasteiger partial charge in [0, 0.05) is 47.5 Å². The molecule has 0 fully saturated rings. The Balaban J connectivity index is 1.54. The minimum Gasteiger partial charge on any atom is -0.469 e. The number of ether oxygens (including phenoxy) is 1. The van der Waals surface area contributed by atoms with Crippen LogP contribution in [-0.4, -0.2) is 39.6 Å². The smallest absolute Gasteiger partial charge is 0.309 e. The lowest BCUT2D eigenvalue weighted by atomic mass is 10.0. The van der Waals surface area contributed by atoms with Crippen LogP contribution in [0.4, 0.5) is 5.69 Å². The molecule has 0 unspecified atom stereocenters. The van der Waals surface area contributed by atoms with Crippen LogP contribution in [-0.2, 0) is 16.0 Å². The van der Waals surface area contributed by atoms with Crippen molar-refractivity contribution in [2.24, 2.45) is 0 Å². The van der Waals surface area contributed by atoms with Crippen molar-refractivity contribution in [1.82, 2.24) is 19.5 Å². The minimum absolute atomic E-state index is 0.243. The third-order valence-electron chi connectivity index (χ3n) is 5.91. The zero-order valence-corrected chi connectivity index (χ0v) is 19.5. The van der Waals surface area contributed by atoms with E-state index in [4.69, 9.17) is 9.72 Å². The number of rotatable bonds is 7.